The third-order valence-corrected chi connectivity index (χ3v) is 6.62. The predicted octanol–water partition coefficient (Wildman–Crippen LogP) is 2.31. The molecule has 3 aliphatic rings. The molecule has 3 fully saturated rings. The fraction of sp³-hybridized carbons (Fsp3) is 0.684. The lowest BCUT2D eigenvalue weighted by Gasteiger charge is -2.57. The molecule has 2 saturated carbocycles. The second-order valence-electron chi connectivity index (χ2n) is 7.65. The normalized spacial score (nSPS) is 33.9. The molecular formula is C19H27N3O2. The number of hydrogen-bond acceptors (Lipinski definition) is 4. The highest BCUT2D eigenvalue weighted by atomic mass is 16.5. The third kappa shape index (κ3) is 2.37. The maximum Gasteiger partial charge on any atom is 0.267 e. The number of carbonyl (C=O) groups excluding carboxylic acids is 1. The van der Waals surface area contributed by atoms with E-state index in [-0.39, 0.29) is 5.60 Å². The quantitative estimate of drug-likeness (QED) is 0.920. The standard InChI is InChI=1S/C19H27N3O2/c1-24-19(13-8-9-21-17(10-13)18(20)23)14-4-2-5-15(19)12-22(11-14)16-6-3-7-16/h8-10,14-16H,2-7,11-12H2,1H3,(H2,20,23)/t14-,15+,19+. The second kappa shape index (κ2) is 6.12. The summed E-state index contributed by atoms with van der Waals surface area (Å²) in [6, 6.07) is 4.65. The molecule has 0 radical (unpaired) electrons. The summed E-state index contributed by atoms with van der Waals surface area (Å²) in [6.45, 7) is 2.20. The number of likely N-dealkylation sites (tertiary alicyclic amines) is 1. The molecule has 4 rings (SSSR count). The largest absolute Gasteiger partial charge is 0.373 e. The van der Waals surface area contributed by atoms with Gasteiger partial charge >= 0.3 is 0 Å². The first-order chi connectivity index (χ1) is 11.6. The summed E-state index contributed by atoms with van der Waals surface area (Å²) in [5.74, 6) is 0.470. The molecule has 3 atom stereocenters. The number of nitrogens with zero attached hydrogens (tertiary/aromatic N) is 2. The number of carbonyl (C=O) groups is 1. The Morgan fingerprint density at radius 2 is 1.92 bits per heavy atom. The second-order valence-corrected chi connectivity index (χ2v) is 7.65. The van der Waals surface area contributed by atoms with Crippen molar-refractivity contribution >= 4 is 5.91 Å². The van der Waals surface area contributed by atoms with E-state index in [2.05, 4.69) is 9.88 Å². The predicted molar refractivity (Wildman–Crippen MR) is 91.5 cm³/mol. The maximum atomic E-state index is 11.6. The van der Waals surface area contributed by atoms with E-state index in [1.807, 2.05) is 19.2 Å². The van der Waals surface area contributed by atoms with Gasteiger partial charge in [-0.25, -0.2) is 0 Å². The Morgan fingerprint density at radius 3 is 2.46 bits per heavy atom. The summed E-state index contributed by atoms with van der Waals surface area (Å²) in [7, 11) is 1.83. The van der Waals surface area contributed by atoms with Crippen LogP contribution in [0.3, 0.4) is 0 Å². The van der Waals surface area contributed by atoms with Crippen LogP contribution in [0.25, 0.3) is 0 Å². The third-order valence-electron chi connectivity index (χ3n) is 6.62. The Labute approximate surface area is 143 Å². The van der Waals surface area contributed by atoms with E-state index in [1.54, 1.807) is 6.20 Å². The van der Waals surface area contributed by atoms with Gasteiger partial charge in [0.15, 0.2) is 0 Å². The summed E-state index contributed by atoms with van der Waals surface area (Å²) in [5.41, 5.74) is 6.57. The topological polar surface area (TPSA) is 68.5 Å². The molecule has 24 heavy (non-hydrogen) atoms. The van der Waals surface area contributed by atoms with Crippen molar-refractivity contribution in [2.24, 2.45) is 17.6 Å². The molecule has 0 unspecified atom stereocenters. The number of amides is 1. The number of nitrogens with two attached hydrogens (primary N) is 1. The van der Waals surface area contributed by atoms with Gasteiger partial charge in [0.25, 0.3) is 5.91 Å². The van der Waals surface area contributed by atoms with Crippen molar-refractivity contribution in [3.8, 4) is 0 Å². The van der Waals surface area contributed by atoms with Crippen LogP contribution < -0.4 is 5.73 Å². The highest BCUT2D eigenvalue weighted by Gasteiger charge is 2.54. The van der Waals surface area contributed by atoms with Gasteiger partial charge in [-0.05, 0) is 43.4 Å². The van der Waals surface area contributed by atoms with Crippen molar-refractivity contribution in [3.05, 3.63) is 29.6 Å². The van der Waals surface area contributed by atoms with Crippen molar-refractivity contribution in [1.82, 2.24) is 9.88 Å². The molecule has 2 N–H and O–H groups in total. The molecule has 2 bridgehead atoms. The van der Waals surface area contributed by atoms with Crippen molar-refractivity contribution in [3.63, 3.8) is 0 Å². The van der Waals surface area contributed by atoms with Gasteiger partial charge in [-0.1, -0.05) is 12.8 Å². The maximum absolute atomic E-state index is 11.6. The van der Waals surface area contributed by atoms with Crippen molar-refractivity contribution in [2.45, 2.75) is 50.2 Å². The SMILES string of the molecule is CO[C@@]1(c2ccnc(C(N)=O)c2)[C@@H]2CCC[C@H]1CN(C1CCC1)C2. The Hall–Kier alpha value is -1.46. The highest BCUT2D eigenvalue weighted by molar-refractivity contribution is 5.90. The van der Waals surface area contributed by atoms with Crippen LogP contribution in [0.5, 0.6) is 0 Å². The van der Waals surface area contributed by atoms with Gasteiger partial charge in [0.05, 0.1) is 0 Å². The number of primary amides is 1. The first-order valence-electron chi connectivity index (χ1n) is 9.20. The van der Waals surface area contributed by atoms with Crippen molar-refractivity contribution < 1.29 is 9.53 Å². The summed E-state index contributed by atoms with van der Waals surface area (Å²) in [6.07, 6.45) is 9.40. The Kier molecular flexibility index (Phi) is 4.09. The molecule has 1 aromatic heterocycles. The molecule has 0 spiro atoms. The number of hydrogen-bond donors (Lipinski definition) is 1. The van der Waals surface area contributed by atoms with E-state index in [0.29, 0.717) is 17.5 Å². The minimum absolute atomic E-state index is 0.300. The highest BCUT2D eigenvalue weighted by Crippen LogP contribution is 2.52. The fourth-order valence-corrected chi connectivity index (χ4v) is 5.25. The molecule has 0 aromatic carbocycles. The lowest BCUT2D eigenvalue weighted by molar-refractivity contribution is -0.177. The number of rotatable bonds is 4. The summed E-state index contributed by atoms with van der Waals surface area (Å²) in [4.78, 5) is 18.4. The van der Waals surface area contributed by atoms with E-state index in [9.17, 15) is 4.79 Å². The molecule has 2 aliphatic carbocycles. The zero-order chi connectivity index (χ0) is 16.7. The Bertz CT molecular complexity index is 615. The Balaban J connectivity index is 1.70. The molecule has 1 aromatic rings. The lowest BCUT2D eigenvalue weighted by Crippen LogP contribution is -2.61. The lowest BCUT2D eigenvalue weighted by atomic mass is 9.62. The van der Waals surface area contributed by atoms with Crippen LogP contribution in [0.4, 0.5) is 0 Å². The number of pyridine rings is 1. The minimum atomic E-state index is -0.472. The van der Waals surface area contributed by atoms with E-state index < -0.39 is 5.91 Å². The molecule has 1 aliphatic heterocycles. The summed E-state index contributed by atoms with van der Waals surface area (Å²) >= 11 is 0. The van der Waals surface area contributed by atoms with E-state index in [4.69, 9.17) is 10.5 Å². The first kappa shape index (κ1) is 16.0. The van der Waals surface area contributed by atoms with Crippen LogP contribution in [-0.2, 0) is 10.3 Å². The number of aromatic nitrogens is 1. The zero-order valence-electron chi connectivity index (χ0n) is 14.4. The molecular weight excluding hydrogens is 302 g/mol. The minimum Gasteiger partial charge on any atom is -0.373 e. The number of methoxy groups -OCH3 is 1. The van der Waals surface area contributed by atoms with Gasteiger partial charge in [0, 0.05) is 44.3 Å². The van der Waals surface area contributed by atoms with Gasteiger partial charge in [0.2, 0.25) is 0 Å². The molecule has 130 valence electrons. The van der Waals surface area contributed by atoms with Gasteiger partial charge in [-0.15, -0.1) is 0 Å². The van der Waals surface area contributed by atoms with Crippen LogP contribution in [0.15, 0.2) is 18.3 Å². The smallest absolute Gasteiger partial charge is 0.267 e. The number of ether oxygens (including phenoxy) is 1. The first-order valence-corrected chi connectivity index (χ1v) is 9.20. The van der Waals surface area contributed by atoms with E-state index >= 15 is 0 Å². The van der Waals surface area contributed by atoms with Gasteiger partial charge < -0.3 is 10.5 Å². The van der Waals surface area contributed by atoms with Gasteiger partial charge in [-0.3, -0.25) is 14.7 Å². The van der Waals surface area contributed by atoms with Crippen LogP contribution in [0.1, 0.15) is 54.6 Å². The monoisotopic (exact) mass is 329 g/mol. The van der Waals surface area contributed by atoms with Crippen LogP contribution in [-0.4, -0.2) is 42.0 Å². The average Bonchev–Trinajstić information content (AvgIpc) is 2.52. The Morgan fingerprint density at radius 1 is 1.25 bits per heavy atom. The molecule has 5 nitrogen and oxygen atoms in total. The van der Waals surface area contributed by atoms with Gasteiger partial charge in [0.1, 0.15) is 11.3 Å². The van der Waals surface area contributed by atoms with Crippen molar-refractivity contribution in [1.29, 1.82) is 0 Å². The van der Waals surface area contributed by atoms with Gasteiger partial charge in [-0.2, -0.15) is 0 Å². The van der Waals surface area contributed by atoms with Crippen LogP contribution in [0.2, 0.25) is 0 Å². The summed E-state index contributed by atoms with van der Waals surface area (Å²) in [5, 5.41) is 0. The zero-order valence-corrected chi connectivity index (χ0v) is 14.4. The average molecular weight is 329 g/mol. The van der Waals surface area contributed by atoms with E-state index in [1.165, 1.54) is 38.5 Å². The van der Waals surface area contributed by atoms with Crippen LogP contribution in [0, 0.1) is 11.8 Å². The summed E-state index contributed by atoms with van der Waals surface area (Å²) < 4.78 is 6.24. The van der Waals surface area contributed by atoms with Crippen LogP contribution >= 0.6 is 0 Å². The number of fused-ring (bicyclic) bond motifs is 2. The fourth-order valence-electron chi connectivity index (χ4n) is 5.25. The molecule has 1 saturated heterocycles. The van der Waals surface area contributed by atoms with Crippen molar-refractivity contribution in [2.75, 3.05) is 20.2 Å². The number of piperidine rings is 1. The molecule has 2 heterocycles. The molecule has 1 amide bonds. The molecule has 5 heteroatoms. The van der Waals surface area contributed by atoms with E-state index in [0.717, 1.165) is 24.7 Å².